The van der Waals surface area contributed by atoms with Crippen LogP contribution < -0.4 is 15.2 Å². The lowest BCUT2D eigenvalue weighted by Gasteiger charge is -2.13. The van der Waals surface area contributed by atoms with Crippen molar-refractivity contribution >= 4 is 5.69 Å². The quantitative estimate of drug-likeness (QED) is 0.853. The van der Waals surface area contributed by atoms with E-state index >= 15 is 0 Å². The molecule has 2 rings (SSSR count). The van der Waals surface area contributed by atoms with Crippen LogP contribution in [0.5, 0.6) is 11.5 Å². The number of ether oxygens (including phenoxy) is 2. The van der Waals surface area contributed by atoms with Crippen LogP contribution in [0.3, 0.4) is 0 Å². The summed E-state index contributed by atoms with van der Waals surface area (Å²) < 4.78 is 13.0. The minimum atomic E-state index is 0.444. The fraction of sp³-hybridized carbons (Fsp3) is 0.353. The number of rotatable bonds is 7. The molecular formula is C17H21N3O2. The van der Waals surface area contributed by atoms with E-state index in [1.807, 2.05) is 28.8 Å². The summed E-state index contributed by atoms with van der Waals surface area (Å²) in [5, 5.41) is 9.24. The van der Waals surface area contributed by atoms with Crippen molar-refractivity contribution in [2.24, 2.45) is 0 Å². The van der Waals surface area contributed by atoms with E-state index in [1.54, 1.807) is 13.2 Å². The van der Waals surface area contributed by atoms with Gasteiger partial charge in [0, 0.05) is 5.69 Å². The highest BCUT2D eigenvalue weighted by Gasteiger charge is 2.12. The molecule has 1 aromatic heterocycles. The Hall–Kier alpha value is -2.61. The Morgan fingerprint density at radius 3 is 2.64 bits per heavy atom. The van der Waals surface area contributed by atoms with Crippen LogP contribution in [0.15, 0.2) is 30.3 Å². The smallest absolute Gasteiger partial charge is 0.161 e. The van der Waals surface area contributed by atoms with E-state index < -0.39 is 0 Å². The Morgan fingerprint density at radius 2 is 2.00 bits per heavy atom. The second-order valence-corrected chi connectivity index (χ2v) is 4.94. The Morgan fingerprint density at radius 1 is 1.27 bits per heavy atom. The van der Waals surface area contributed by atoms with Crippen molar-refractivity contribution in [1.82, 2.24) is 4.57 Å². The minimum Gasteiger partial charge on any atom is -0.493 e. The molecule has 0 aliphatic rings. The second-order valence-electron chi connectivity index (χ2n) is 4.94. The van der Waals surface area contributed by atoms with Gasteiger partial charge in [-0.1, -0.05) is 25.5 Å². The molecule has 22 heavy (non-hydrogen) atoms. The van der Waals surface area contributed by atoms with E-state index in [0.717, 1.165) is 18.5 Å². The minimum absolute atomic E-state index is 0.444. The highest BCUT2D eigenvalue weighted by atomic mass is 16.5. The molecule has 2 N–H and O–H groups in total. The van der Waals surface area contributed by atoms with Gasteiger partial charge in [-0.15, -0.1) is 0 Å². The zero-order valence-corrected chi connectivity index (χ0v) is 13.0. The van der Waals surface area contributed by atoms with Crippen LogP contribution in [0, 0.1) is 11.3 Å². The van der Waals surface area contributed by atoms with Gasteiger partial charge in [0.2, 0.25) is 0 Å². The van der Waals surface area contributed by atoms with Gasteiger partial charge < -0.3 is 19.8 Å². The molecular weight excluding hydrogens is 278 g/mol. The Labute approximate surface area is 130 Å². The summed E-state index contributed by atoms with van der Waals surface area (Å²) in [7, 11) is 1.61. The summed E-state index contributed by atoms with van der Waals surface area (Å²) in [4.78, 5) is 0. The second kappa shape index (κ2) is 7.41. The SMILES string of the molecule is CCCc1c(N)cc(C#N)n1CCOc1ccccc1OC. The van der Waals surface area contributed by atoms with Crippen molar-refractivity contribution in [3.05, 3.63) is 41.7 Å². The van der Waals surface area contributed by atoms with Crippen molar-refractivity contribution in [2.75, 3.05) is 19.5 Å². The largest absolute Gasteiger partial charge is 0.493 e. The maximum absolute atomic E-state index is 9.24. The van der Waals surface area contributed by atoms with Gasteiger partial charge in [0.1, 0.15) is 18.4 Å². The fourth-order valence-electron chi connectivity index (χ4n) is 2.46. The summed E-state index contributed by atoms with van der Waals surface area (Å²) in [6.07, 6.45) is 1.83. The number of hydrogen-bond donors (Lipinski definition) is 1. The molecule has 1 heterocycles. The number of aromatic nitrogens is 1. The molecule has 0 aliphatic heterocycles. The molecule has 0 saturated carbocycles. The number of methoxy groups -OCH3 is 1. The van der Waals surface area contributed by atoms with E-state index in [4.69, 9.17) is 15.2 Å². The topological polar surface area (TPSA) is 73.2 Å². The number of nitrogen functional groups attached to an aromatic ring is 1. The lowest BCUT2D eigenvalue weighted by molar-refractivity contribution is 0.278. The fourth-order valence-corrected chi connectivity index (χ4v) is 2.46. The summed E-state index contributed by atoms with van der Waals surface area (Å²) in [6, 6.07) is 11.4. The molecule has 2 aromatic rings. The number of para-hydroxylation sites is 2. The van der Waals surface area contributed by atoms with Gasteiger partial charge in [0.15, 0.2) is 11.5 Å². The summed E-state index contributed by atoms with van der Waals surface area (Å²) in [5.41, 5.74) is 8.25. The number of anilines is 1. The highest BCUT2D eigenvalue weighted by molar-refractivity contribution is 5.50. The van der Waals surface area contributed by atoms with E-state index in [1.165, 1.54) is 0 Å². The molecule has 0 unspecified atom stereocenters. The van der Waals surface area contributed by atoms with Crippen molar-refractivity contribution < 1.29 is 9.47 Å². The molecule has 0 bridgehead atoms. The van der Waals surface area contributed by atoms with Gasteiger partial charge in [0.05, 0.1) is 19.3 Å². The molecule has 1 aromatic carbocycles. The van der Waals surface area contributed by atoms with Crippen LogP contribution in [0.4, 0.5) is 5.69 Å². The first kappa shape index (κ1) is 15.8. The zero-order chi connectivity index (χ0) is 15.9. The van der Waals surface area contributed by atoms with Gasteiger partial charge in [0.25, 0.3) is 0 Å². The van der Waals surface area contributed by atoms with Crippen molar-refractivity contribution in [1.29, 1.82) is 5.26 Å². The van der Waals surface area contributed by atoms with E-state index in [2.05, 4.69) is 13.0 Å². The number of benzene rings is 1. The van der Waals surface area contributed by atoms with Gasteiger partial charge >= 0.3 is 0 Å². The third-order valence-electron chi connectivity index (χ3n) is 3.48. The lowest BCUT2D eigenvalue weighted by atomic mass is 10.2. The van der Waals surface area contributed by atoms with Gasteiger partial charge in [-0.3, -0.25) is 0 Å². The predicted molar refractivity (Wildman–Crippen MR) is 86.0 cm³/mol. The van der Waals surface area contributed by atoms with Crippen molar-refractivity contribution in [3.63, 3.8) is 0 Å². The first-order valence-corrected chi connectivity index (χ1v) is 7.35. The first-order chi connectivity index (χ1) is 10.7. The third kappa shape index (κ3) is 3.34. The summed E-state index contributed by atoms with van der Waals surface area (Å²) >= 11 is 0. The zero-order valence-electron chi connectivity index (χ0n) is 13.0. The van der Waals surface area contributed by atoms with Crippen LogP contribution in [0.25, 0.3) is 0 Å². The molecule has 0 amide bonds. The average Bonchev–Trinajstić information content (AvgIpc) is 2.84. The number of hydrogen-bond acceptors (Lipinski definition) is 4. The normalized spacial score (nSPS) is 10.2. The van der Waals surface area contributed by atoms with Crippen LogP contribution in [-0.4, -0.2) is 18.3 Å². The monoisotopic (exact) mass is 299 g/mol. The maximum Gasteiger partial charge on any atom is 0.161 e. The van der Waals surface area contributed by atoms with Crippen LogP contribution in [0.1, 0.15) is 24.7 Å². The molecule has 5 nitrogen and oxygen atoms in total. The molecule has 0 atom stereocenters. The molecule has 0 fully saturated rings. The van der Waals surface area contributed by atoms with Crippen LogP contribution in [0.2, 0.25) is 0 Å². The summed E-state index contributed by atoms with van der Waals surface area (Å²) in [5.74, 6) is 1.39. The summed E-state index contributed by atoms with van der Waals surface area (Å²) in [6.45, 7) is 3.11. The van der Waals surface area contributed by atoms with E-state index in [9.17, 15) is 5.26 Å². The van der Waals surface area contributed by atoms with E-state index in [0.29, 0.717) is 36.0 Å². The van der Waals surface area contributed by atoms with Gasteiger partial charge in [-0.25, -0.2) is 0 Å². The number of nitrogens with zero attached hydrogens (tertiary/aromatic N) is 2. The molecule has 5 heteroatoms. The first-order valence-electron chi connectivity index (χ1n) is 7.35. The average molecular weight is 299 g/mol. The Kier molecular flexibility index (Phi) is 5.31. The van der Waals surface area contributed by atoms with Crippen LogP contribution in [-0.2, 0) is 13.0 Å². The van der Waals surface area contributed by atoms with Gasteiger partial charge in [-0.2, -0.15) is 5.26 Å². The third-order valence-corrected chi connectivity index (χ3v) is 3.48. The lowest BCUT2D eigenvalue weighted by Crippen LogP contribution is -2.13. The molecule has 0 spiro atoms. The van der Waals surface area contributed by atoms with Crippen molar-refractivity contribution in [3.8, 4) is 17.6 Å². The Balaban J connectivity index is 2.10. The molecule has 0 radical (unpaired) electrons. The number of nitriles is 1. The highest BCUT2D eigenvalue weighted by Crippen LogP contribution is 2.26. The standard InChI is InChI=1S/C17H21N3O2/c1-3-6-15-14(19)11-13(12-18)20(15)9-10-22-17-8-5-4-7-16(17)21-2/h4-5,7-8,11H,3,6,9-10,19H2,1-2H3. The molecule has 0 aliphatic carbocycles. The maximum atomic E-state index is 9.24. The Bertz CT molecular complexity index is 671. The van der Waals surface area contributed by atoms with E-state index in [-0.39, 0.29) is 0 Å². The van der Waals surface area contributed by atoms with Crippen LogP contribution >= 0.6 is 0 Å². The van der Waals surface area contributed by atoms with Gasteiger partial charge in [-0.05, 0) is 24.6 Å². The predicted octanol–water partition coefficient (Wildman–Crippen LogP) is 2.98. The van der Waals surface area contributed by atoms with Crippen molar-refractivity contribution in [2.45, 2.75) is 26.3 Å². The molecule has 0 saturated heterocycles. The molecule has 116 valence electrons. The number of nitrogens with two attached hydrogens (primary N) is 1.